The molecule has 5 rings (SSSR count). The highest BCUT2D eigenvalue weighted by Crippen LogP contribution is 2.48. The molecule has 0 aromatic heterocycles. The van der Waals surface area contributed by atoms with Crippen LogP contribution in [0.25, 0.3) is 44.5 Å². The molecule has 4 aromatic carbocycles. The van der Waals surface area contributed by atoms with Gasteiger partial charge in [-0.3, -0.25) is 0 Å². The molecule has 0 spiro atoms. The van der Waals surface area contributed by atoms with Crippen LogP contribution in [-0.2, 0) is 5.41 Å². The van der Waals surface area contributed by atoms with E-state index in [4.69, 9.17) is 0 Å². The SMILES string of the molecule is CC(C)(C)c1ccc2c(c1[Si](C)(C)C)-c1ccccc1-c1ccccc1-c1ccccc1-2. The lowest BCUT2D eigenvalue weighted by Crippen LogP contribution is -2.44. The molecule has 0 amide bonds. The van der Waals surface area contributed by atoms with Crippen LogP contribution in [-0.4, -0.2) is 8.07 Å². The molecule has 1 heteroatoms. The monoisotopic (exact) mass is 432 g/mol. The summed E-state index contributed by atoms with van der Waals surface area (Å²) in [7, 11) is -1.69. The van der Waals surface area contributed by atoms with Crippen molar-refractivity contribution < 1.29 is 0 Å². The van der Waals surface area contributed by atoms with Crippen LogP contribution in [0.1, 0.15) is 26.3 Å². The highest BCUT2D eigenvalue weighted by molar-refractivity contribution is 6.90. The van der Waals surface area contributed by atoms with E-state index in [0.717, 1.165) is 0 Å². The van der Waals surface area contributed by atoms with E-state index < -0.39 is 8.07 Å². The van der Waals surface area contributed by atoms with Crippen molar-refractivity contribution in [1.82, 2.24) is 0 Å². The van der Waals surface area contributed by atoms with Crippen LogP contribution in [0.2, 0.25) is 19.6 Å². The first-order valence-corrected chi connectivity index (χ1v) is 15.1. The van der Waals surface area contributed by atoms with Gasteiger partial charge in [-0.05, 0) is 60.7 Å². The first-order valence-electron chi connectivity index (χ1n) is 11.6. The smallest absolute Gasteiger partial charge is 0.0656 e. The van der Waals surface area contributed by atoms with E-state index in [0.29, 0.717) is 0 Å². The summed E-state index contributed by atoms with van der Waals surface area (Å²) in [5.41, 5.74) is 12.4. The Bertz CT molecular complexity index is 1320. The fourth-order valence-electron chi connectivity index (χ4n) is 5.35. The van der Waals surface area contributed by atoms with Crippen molar-refractivity contribution in [2.45, 2.75) is 45.8 Å². The van der Waals surface area contributed by atoms with Crippen molar-refractivity contribution in [3.63, 3.8) is 0 Å². The second-order valence-corrected chi connectivity index (χ2v) is 16.0. The topological polar surface area (TPSA) is 0 Å². The Labute approximate surface area is 194 Å². The minimum absolute atomic E-state index is 0.0966. The van der Waals surface area contributed by atoms with Crippen molar-refractivity contribution in [2.75, 3.05) is 0 Å². The molecule has 1 aliphatic carbocycles. The van der Waals surface area contributed by atoms with Crippen LogP contribution < -0.4 is 5.19 Å². The van der Waals surface area contributed by atoms with Crippen LogP contribution in [0, 0.1) is 0 Å². The van der Waals surface area contributed by atoms with Crippen LogP contribution in [0.5, 0.6) is 0 Å². The second kappa shape index (κ2) is 7.32. The highest BCUT2D eigenvalue weighted by Gasteiger charge is 2.33. The predicted octanol–water partition coefficient (Wildman–Crippen LogP) is 8.51. The maximum absolute atomic E-state index is 2.50. The molecule has 32 heavy (non-hydrogen) atoms. The summed E-state index contributed by atoms with van der Waals surface area (Å²) in [5, 5.41) is 1.60. The van der Waals surface area contributed by atoms with Gasteiger partial charge in [-0.1, -0.05) is 125 Å². The minimum atomic E-state index is -1.69. The summed E-state index contributed by atoms with van der Waals surface area (Å²) in [6.07, 6.45) is 0. The fraction of sp³-hybridized carbons (Fsp3) is 0.226. The molecular formula is C31H32Si. The maximum Gasteiger partial charge on any atom is 0.0788 e. The van der Waals surface area contributed by atoms with Gasteiger partial charge in [0.25, 0.3) is 0 Å². The molecule has 160 valence electrons. The van der Waals surface area contributed by atoms with E-state index >= 15 is 0 Å². The fourth-order valence-corrected chi connectivity index (χ4v) is 7.64. The normalized spacial score (nSPS) is 12.7. The quantitative estimate of drug-likeness (QED) is 0.233. The Morgan fingerprint density at radius 1 is 0.469 bits per heavy atom. The Balaban J connectivity index is 2.05. The second-order valence-electron chi connectivity index (χ2n) is 11.0. The highest BCUT2D eigenvalue weighted by atomic mass is 28.3. The van der Waals surface area contributed by atoms with Gasteiger partial charge in [-0.25, -0.2) is 0 Å². The van der Waals surface area contributed by atoms with Crippen molar-refractivity contribution in [2.24, 2.45) is 0 Å². The first kappa shape index (κ1) is 21.0. The van der Waals surface area contributed by atoms with E-state index in [1.54, 1.807) is 5.19 Å². The molecule has 0 unspecified atom stereocenters. The van der Waals surface area contributed by atoms with Crippen LogP contribution in [0.3, 0.4) is 0 Å². The third kappa shape index (κ3) is 3.27. The van der Waals surface area contributed by atoms with E-state index in [2.05, 4.69) is 125 Å². The zero-order valence-electron chi connectivity index (χ0n) is 20.1. The Morgan fingerprint density at radius 3 is 1.25 bits per heavy atom. The van der Waals surface area contributed by atoms with Gasteiger partial charge in [-0.15, -0.1) is 0 Å². The average molecular weight is 433 g/mol. The number of benzene rings is 4. The average Bonchev–Trinajstić information content (AvgIpc) is 2.76. The standard InChI is InChI=1S/C31H32Si/c1-31(2,3)28-20-19-27-25-17-10-9-15-23(25)21-13-7-8-14-22(21)24-16-11-12-18-26(24)29(27)30(28)32(4,5)6/h7-20H,1-6H3. The molecule has 0 aliphatic heterocycles. The van der Waals surface area contributed by atoms with Crippen molar-refractivity contribution in [1.29, 1.82) is 0 Å². The number of fused-ring (bicyclic) bond motifs is 8. The molecule has 0 fully saturated rings. The Morgan fingerprint density at radius 2 is 0.844 bits per heavy atom. The molecule has 0 heterocycles. The van der Waals surface area contributed by atoms with Crippen molar-refractivity contribution >= 4 is 13.3 Å². The van der Waals surface area contributed by atoms with Gasteiger partial charge in [0.15, 0.2) is 0 Å². The molecule has 0 saturated heterocycles. The molecule has 0 radical (unpaired) electrons. The summed E-state index contributed by atoms with van der Waals surface area (Å²) in [5.74, 6) is 0. The molecule has 0 atom stereocenters. The number of rotatable bonds is 1. The van der Waals surface area contributed by atoms with E-state index in [-0.39, 0.29) is 5.41 Å². The van der Waals surface area contributed by atoms with Gasteiger partial charge in [0.1, 0.15) is 0 Å². The van der Waals surface area contributed by atoms with Crippen molar-refractivity contribution in [3.05, 3.63) is 90.5 Å². The number of hydrogen-bond donors (Lipinski definition) is 0. The first-order chi connectivity index (χ1) is 15.2. The van der Waals surface area contributed by atoms with Gasteiger partial charge < -0.3 is 0 Å². The third-order valence-electron chi connectivity index (χ3n) is 6.68. The molecule has 0 bridgehead atoms. The largest absolute Gasteiger partial charge is 0.0788 e. The van der Waals surface area contributed by atoms with Crippen LogP contribution in [0.15, 0.2) is 84.9 Å². The van der Waals surface area contributed by atoms with E-state index in [1.165, 1.54) is 50.1 Å². The van der Waals surface area contributed by atoms with Crippen molar-refractivity contribution in [3.8, 4) is 44.5 Å². The molecule has 1 aliphatic rings. The van der Waals surface area contributed by atoms with Crippen LogP contribution in [0.4, 0.5) is 0 Å². The third-order valence-corrected chi connectivity index (χ3v) is 8.70. The summed E-state index contributed by atoms with van der Waals surface area (Å²) in [6, 6.07) is 31.7. The Hall–Kier alpha value is -2.90. The lowest BCUT2D eigenvalue weighted by Gasteiger charge is -2.34. The zero-order chi connectivity index (χ0) is 22.7. The Kier molecular flexibility index (Phi) is 4.80. The predicted molar refractivity (Wildman–Crippen MR) is 143 cm³/mol. The van der Waals surface area contributed by atoms with Gasteiger partial charge in [0.2, 0.25) is 0 Å². The van der Waals surface area contributed by atoms with Crippen LogP contribution >= 0.6 is 0 Å². The molecule has 4 aromatic rings. The molecular weight excluding hydrogens is 400 g/mol. The summed E-state index contributed by atoms with van der Waals surface area (Å²) in [4.78, 5) is 0. The van der Waals surface area contributed by atoms with Gasteiger partial charge >= 0.3 is 0 Å². The molecule has 0 saturated carbocycles. The van der Waals surface area contributed by atoms with E-state index in [1.807, 2.05) is 0 Å². The number of hydrogen-bond acceptors (Lipinski definition) is 0. The summed E-state index contributed by atoms with van der Waals surface area (Å²) < 4.78 is 0. The summed E-state index contributed by atoms with van der Waals surface area (Å²) in [6.45, 7) is 14.6. The molecule has 0 nitrogen and oxygen atoms in total. The zero-order valence-corrected chi connectivity index (χ0v) is 21.1. The summed E-state index contributed by atoms with van der Waals surface area (Å²) >= 11 is 0. The maximum atomic E-state index is 2.50. The molecule has 0 N–H and O–H groups in total. The van der Waals surface area contributed by atoms with Gasteiger partial charge in [-0.2, -0.15) is 0 Å². The lowest BCUT2D eigenvalue weighted by molar-refractivity contribution is 0.594. The minimum Gasteiger partial charge on any atom is -0.0656 e. The van der Waals surface area contributed by atoms with E-state index in [9.17, 15) is 0 Å². The van der Waals surface area contributed by atoms with Gasteiger partial charge in [0.05, 0.1) is 8.07 Å². The van der Waals surface area contributed by atoms with Gasteiger partial charge in [0, 0.05) is 0 Å². The lowest BCUT2D eigenvalue weighted by atomic mass is 9.78.